The number of rotatable bonds is 7. The van der Waals surface area contributed by atoms with E-state index in [1.54, 1.807) is 36.3 Å². The van der Waals surface area contributed by atoms with Crippen molar-refractivity contribution >= 4 is 23.6 Å². The normalized spacial score (nSPS) is 11.8. The second kappa shape index (κ2) is 7.71. The lowest BCUT2D eigenvalue weighted by atomic mass is 10.1. The fraction of sp³-hybridized carbons (Fsp3) is 0.417. The van der Waals surface area contributed by atoms with Crippen molar-refractivity contribution in [2.45, 2.75) is 18.9 Å². The summed E-state index contributed by atoms with van der Waals surface area (Å²) in [7, 11) is 0. The molecule has 1 amide bonds. The van der Waals surface area contributed by atoms with Gasteiger partial charge in [0.15, 0.2) is 0 Å². The number of aromatic nitrogens is 1. The minimum atomic E-state index is -0.993. The van der Waals surface area contributed by atoms with Crippen LogP contribution < -0.4 is 5.32 Å². The Balaban J connectivity index is 2.48. The Morgan fingerprint density at radius 1 is 1.44 bits per heavy atom. The number of carboxylic acid groups (broad SMARTS) is 1. The van der Waals surface area contributed by atoms with E-state index in [1.807, 2.05) is 6.26 Å². The van der Waals surface area contributed by atoms with E-state index in [9.17, 15) is 9.59 Å². The third-order valence-corrected chi connectivity index (χ3v) is 3.00. The number of carbonyl (C=O) groups is 2. The van der Waals surface area contributed by atoms with Crippen molar-refractivity contribution in [3.8, 4) is 0 Å². The fourth-order valence-corrected chi connectivity index (χ4v) is 1.90. The molecule has 6 heteroatoms. The number of pyridine rings is 1. The van der Waals surface area contributed by atoms with Crippen LogP contribution >= 0.6 is 11.8 Å². The quantitative estimate of drug-likeness (QED) is 0.769. The van der Waals surface area contributed by atoms with E-state index in [0.717, 1.165) is 5.56 Å². The van der Waals surface area contributed by atoms with Crippen LogP contribution in [0.1, 0.15) is 12.0 Å². The summed E-state index contributed by atoms with van der Waals surface area (Å²) < 4.78 is 0. The Morgan fingerprint density at radius 2 is 2.11 bits per heavy atom. The molecule has 0 bridgehead atoms. The van der Waals surface area contributed by atoms with E-state index in [2.05, 4.69) is 10.3 Å². The maximum atomic E-state index is 11.7. The van der Waals surface area contributed by atoms with Crippen LogP contribution in [0.15, 0.2) is 24.5 Å². The Labute approximate surface area is 110 Å². The SMILES string of the molecule is CSCC[C@@H](NC(=O)Cc1ccncc1)C(=O)O. The van der Waals surface area contributed by atoms with Crippen molar-refractivity contribution in [1.82, 2.24) is 10.3 Å². The van der Waals surface area contributed by atoms with Gasteiger partial charge in [0.25, 0.3) is 0 Å². The average molecular weight is 268 g/mol. The van der Waals surface area contributed by atoms with E-state index in [-0.39, 0.29) is 12.3 Å². The monoisotopic (exact) mass is 268 g/mol. The van der Waals surface area contributed by atoms with Crippen LogP contribution in [-0.2, 0) is 16.0 Å². The van der Waals surface area contributed by atoms with E-state index < -0.39 is 12.0 Å². The summed E-state index contributed by atoms with van der Waals surface area (Å²) in [6.07, 6.45) is 5.71. The fourth-order valence-electron chi connectivity index (χ4n) is 1.42. The molecule has 0 saturated heterocycles. The zero-order valence-corrected chi connectivity index (χ0v) is 10.9. The highest BCUT2D eigenvalue weighted by Gasteiger charge is 2.19. The van der Waals surface area contributed by atoms with Gasteiger partial charge in [-0.25, -0.2) is 4.79 Å². The molecule has 0 fully saturated rings. The highest BCUT2D eigenvalue weighted by molar-refractivity contribution is 7.98. The number of nitrogens with one attached hydrogen (secondary N) is 1. The van der Waals surface area contributed by atoms with Crippen LogP contribution in [0.25, 0.3) is 0 Å². The van der Waals surface area contributed by atoms with Crippen molar-refractivity contribution < 1.29 is 14.7 Å². The van der Waals surface area contributed by atoms with E-state index in [1.165, 1.54) is 0 Å². The lowest BCUT2D eigenvalue weighted by Gasteiger charge is -2.13. The summed E-state index contributed by atoms with van der Waals surface area (Å²) >= 11 is 1.56. The third kappa shape index (κ3) is 5.18. The Kier molecular flexibility index (Phi) is 6.21. The first kappa shape index (κ1) is 14.5. The zero-order chi connectivity index (χ0) is 13.4. The standard InChI is InChI=1S/C12H16N2O3S/c1-18-7-4-10(12(16)17)14-11(15)8-9-2-5-13-6-3-9/h2-3,5-6,10H,4,7-8H2,1H3,(H,14,15)(H,16,17)/t10-/m1/s1. The van der Waals surface area contributed by atoms with Crippen molar-refractivity contribution in [2.24, 2.45) is 0 Å². The zero-order valence-electron chi connectivity index (χ0n) is 10.1. The molecule has 18 heavy (non-hydrogen) atoms. The molecule has 0 aliphatic heterocycles. The van der Waals surface area contributed by atoms with Gasteiger partial charge in [-0.15, -0.1) is 0 Å². The van der Waals surface area contributed by atoms with Crippen molar-refractivity contribution in [3.05, 3.63) is 30.1 Å². The summed E-state index contributed by atoms with van der Waals surface area (Å²) in [5.41, 5.74) is 0.816. The van der Waals surface area contributed by atoms with Crippen LogP contribution in [0, 0.1) is 0 Å². The van der Waals surface area contributed by atoms with Gasteiger partial charge < -0.3 is 10.4 Å². The van der Waals surface area contributed by atoms with Crippen LogP contribution in [0.3, 0.4) is 0 Å². The minimum Gasteiger partial charge on any atom is -0.480 e. The second-order valence-corrected chi connectivity index (χ2v) is 4.76. The predicted octanol–water partition coefficient (Wildman–Crippen LogP) is 0.947. The molecule has 1 aromatic heterocycles. The van der Waals surface area contributed by atoms with Gasteiger partial charge in [0.05, 0.1) is 6.42 Å². The van der Waals surface area contributed by atoms with E-state index in [4.69, 9.17) is 5.11 Å². The lowest BCUT2D eigenvalue weighted by molar-refractivity contribution is -0.141. The topological polar surface area (TPSA) is 79.3 Å². The maximum absolute atomic E-state index is 11.7. The van der Waals surface area contributed by atoms with Crippen molar-refractivity contribution in [2.75, 3.05) is 12.0 Å². The smallest absolute Gasteiger partial charge is 0.326 e. The third-order valence-electron chi connectivity index (χ3n) is 2.36. The van der Waals surface area contributed by atoms with Crippen LogP contribution in [0.4, 0.5) is 0 Å². The first-order valence-electron chi connectivity index (χ1n) is 5.53. The Morgan fingerprint density at radius 3 is 2.67 bits per heavy atom. The largest absolute Gasteiger partial charge is 0.480 e. The molecule has 2 N–H and O–H groups in total. The number of carbonyl (C=O) groups excluding carboxylic acids is 1. The Hall–Kier alpha value is -1.56. The van der Waals surface area contributed by atoms with Gasteiger partial charge >= 0.3 is 5.97 Å². The summed E-state index contributed by atoms with van der Waals surface area (Å²) in [6, 6.07) is 2.65. The minimum absolute atomic E-state index is 0.172. The Bertz CT molecular complexity index is 398. The van der Waals surface area contributed by atoms with Gasteiger partial charge in [0.1, 0.15) is 6.04 Å². The molecule has 1 rings (SSSR count). The number of hydrogen-bond acceptors (Lipinski definition) is 4. The molecule has 1 atom stereocenters. The van der Waals surface area contributed by atoms with Gasteiger partial charge in [-0.2, -0.15) is 11.8 Å². The van der Waals surface area contributed by atoms with E-state index >= 15 is 0 Å². The van der Waals surface area contributed by atoms with Gasteiger partial charge in [0.2, 0.25) is 5.91 Å². The summed E-state index contributed by atoms with van der Waals surface area (Å²) in [4.78, 5) is 26.5. The van der Waals surface area contributed by atoms with Crippen LogP contribution in [0.2, 0.25) is 0 Å². The summed E-state index contributed by atoms with van der Waals surface area (Å²) in [5.74, 6) is -0.575. The number of nitrogens with zero attached hydrogens (tertiary/aromatic N) is 1. The van der Waals surface area contributed by atoms with Gasteiger partial charge in [-0.05, 0) is 36.1 Å². The molecule has 0 aromatic carbocycles. The summed E-state index contributed by atoms with van der Waals surface area (Å²) in [6.45, 7) is 0. The molecule has 5 nitrogen and oxygen atoms in total. The van der Waals surface area contributed by atoms with Crippen molar-refractivity contribution in [1.29, 1.82) is 0 Å². The molecule has 0 unspecified atom stereocenters. The lowest BCUT2D eigenvalue weighted by Crippen LogP contribution is -2.41. The number of amides is 1. The average Bonchev–Trinajstić information content (AvgIpc) is 2.35. The summed E-state index contributed by atoms with van der Waals surface area (Å²) in [5, 5.41) is 11.5. The molecule has 0 aliphatic carbocycles. The number of aliphatic carboxylic acids is 1. The number of thioether (sulfide) groups is 1. The molecule has 1 aromatic rings. The molecule has 0 saturated carbocycles. The van der Waals surface area contributed by atoms with Crippen molar-refractivity contribution in [3.63, 3.8) is 0 Å². The predicted molar refractivity (Wildman–Crippen MR) is 70.5 cm³/mol. The second-order valence-electron chi connectivity index (χ2n) is 3.77. The van der Waals surface area contributed by atoms with Gasteiger partial charge in [-0.1, -0.05) is 0 Å². The van der Waals surface area contributed by atoms with E-state index in [0.29, 0.717) is 12.2 Å². The first-order chi connectivity index (χ1) is 8.63. The molecule has 0 spiro atoms. The molecule has 0 aliphatic rings. The first-order valence-corrected chi connectivity index (χ1v) is 6.93. The molecule has 98 valence electrons. The maximum Gasteiger partial charge on any atom is 0.326 e. The van der Waals surface area contributed by atoms with Gasteiger partial charge in [-0.3, -0.25) is 9.78 Å². The molecular formula is C12H16N2O3S. The highest BCUT2D eigenvalue weighted by atomic mass is 32.2. The molecular weight excluding hydrogens is 252 g/mol. The molecule has 1 heterocycles. The molecule has 0 radical (unpaired) electrons. The number of hydrogen-bond donors (Lipinski definition) is 2. The number of carboxylic acids is 1. The van der Waals surface area contributed by atoms with Gasteiger partial charge in [0, 0.05) is 12.4 Å². The van der Waals surface area contributed by atoms with Crippen LogP contribution in [-0.4, -0.2) is 40.0 Å². The highest BCUT2D eigenvalue weighted by Crippen LogP contribution is 2.03. The van der Waals surface area contributed by atoms with Crippen LogP contribution in [0.5, 0.6) is 0 Å².